The Labute approximate surface area is 64.2 Å². The second kappa shape index (κ2) is 10.3. The fourth-order valence-corrected chi connectivity index (χ4v) is 0. The van der Waals surface area contributed by atoms with Crippen LogP contribution < -0.4 is 0 Å². The number of carboxylic acid groups (broad SMARTS) is 1. The van der Waals surface area contributed by atoms with Gasteiger partial charge in [0.15, 0.2) is 0 Å². The van der Waals surface area contributed by atoms with Crippen LogP contribution >= 0.6 is 0 Å². The van der Waals surface area contributed by atoms with Gasteiger partial charge in [-0.2, -0.15) is 0 Å². The minimum absolute atomic E-state index is 0. The van der Waals surface area contributed by atoms with Crippen molar-refractivity contribution < 1.29 is 40.6 Å². The van der Waals surface area contributed by atoms with Gasteiger partial charge in [-0.3, -0.25) is 4.79 Å². The number of nitrogens with zero attached hydrogens (tertiary/aromatic N) is 1. The quantitative estimate of drug-likeness (QED) is 0.339. The molecule has 0 radical (unpaired) electrons. The molecular formula is C2H5NO5Pd. The van der Waals surface area contributed by atoms with Gasteiger partial charge in [-0.1, -0.05) is 0 Å². The van der Waals surface area contributed by atoms with Crippen LogP contribution in [0.4, 0.5) is 0 Å². The van der Waals surface area contributed by atoms with Crippen molar-refractivity contribution in [2.24, 2.45) is 0 Å². The van der Waals surface area contributed by atoms with Crippen molar-refractivity contribution in [3.05, 3.63) is 10.1 Å². The third kappa shape index (κ3) is 468. The molecule has 58 valence electrons. The third-order valence-electron chi connectivity index (χ3n) is 0. The number of hydrogen-bond acceptors (Lipinski definition) is 3. The summed E-state index contributed by atoms with van der Waals surface area (Å²) in [6.45, 7) is 1.08. The molecule has 0 bridgehead atoms. The Bertz CT molecular complexity index is 73.0. The molecule has 0 aromatic rings. The molecule has 0 aromatic heterocycles. The third-order valence-corrected chi connectivity index (χ3v) is 0. The molecule has 0 aliphatic heterocycles. The van der Waals surface area contributed by atoms with Gasteiger partial charge in [-0.05, 0) is 0 Å². The van der Waals surface area contributed by atoms with Crippen LogP contribution in [0, 0.1) is 10.1 Å². The molecule has 0 spiro atoms. The first-order valence-electron chi connectivity index (χ1n) is 1.49. The van der Waals surface area contributed by atoms with Crippen LogP contribution in [0.25, 0.3) is 0 Å². The maximum Gasteiger partial charge on any atom is 0.300 e. The van der Waals surface area contributed by atoms with Crippen LogP contribution in [0.1, 0.15) is 6.92 Å². The summed E-state index contributed by atoms with van der Waals surface area (Å²) in [5.74, 6) is -0.833. The molecule has 0 atom stereocenters. The minimum Gasteiger partial charge on any atom is -0.481 e. The molecule has 2 N–H and O–H groups in total. The second-order valence-electron chi connectivity index (χ2n) is 0.757. The molecule has 7 heteroatoms. The number of rotatable bonds is 0. The van der Waals surface area contributed by atoms with Crippen molar-refractivity contribution in [3.63, 3.8) is 0 Å². The van der Waals surface area contributed by atoms with Gasteiger partial charge >= 0.3 is 0 Å². The summed E-state index contributed by atoms with van der Waals surface area (Å²) < 4.78 is 0. The first-order valence-corrected chi connectivity index (χ1v) is 1.49. The van der Waals surface area contributed by atoms with Gasteiger partial charge in [0.1, 0.15) is 0 Å². The molecule has 0 aliphatic carbocycles. The predicted octanol–water partition coefficient (Wildman–Crippen LogP) is -0.259. The molecule has 0 fully saturated rings. The number of hydrogen-bond donors (Lipinski definition) is 2. The standard InChI is InChI=1S/C2H4O2.HNO3.Pd/c1-2(3)4;2-1(3)4;/h1H3,(H,3,4);(H,2,3,4);. The van der Waals surface area contributed by atoms with Gasteiger partial charge in [-0.15, -0.1) is 10.1 Å². The Kier molecular flexibility index (Phi) is 18.1. The van der Waals surface area contributed by atoms with Crippen molar-refractivity contribution >= 4 is 5.97 Å². The Hall–Kier alpha value is -0.668. The first-order chi connectivity index (χ1) is 3.46. The van der Waals surface area contributed by atoms with E-state index < -0.39 is 11.1 Å². The van der Waals surface area contributed by atoms with Crippen LogP contribution in [-0.2, 0) is 25.2 Å². The Morgan fingerprint density at radius 1 is 1.67 bits per heavy atom. The van der Waals surface area contributed by atoms with E-state index in [-0.39, 0.29) is 20.4 Å². The number of carboxylic acids is 1. The van der Waals surface area contributed by atoms with E-state index in [0.717, 1.165) is 6.92 Å². The molecular weight excluding hydrogens is 224 g/mol. The van der Waals surface area contributed by atoms with E-state index in [4.69, 9.17) is 25.2 Å². The fraction of sp³-hybridized carbons (Fsp3) is 0.500. The van der Waals surface area contributed by atoms with Crippen molar-refractivity contribution in [3.8, 4) is 0 Å². The minimum atomic E-state index is -1.50. The van der Waals surface area contributed by atoms with Gasteiger partial charge in [-0.25, -0.2) is 0 Å². The fourth-order valence-electron chi connectivity index (χ4n) is 0. The zero-order valence-electron chi connectivity index (χ0n) is 4.38. The van der Waals surface area contributed by atoms with Crippen molar-refractivity contribution in [2.75, 3.05) is 0 Å². The smallest absolute Gasteiger partial charge is 0.300 e. The average Bonchev–Trinajstić information content (AvgIpc) is 1.25. The summed E-state index contributed by atoms with van der Waals surface area (Å²) in [7, 11) is 0. The topological polar surface area (TPSA) is 101 Å². The molecule has 0 aliphatic rings. The molecule has 0 amide bonds. The Balaban J connectivity index is -0.0000000720. The number of aliphatic carboxylic acids is 1. The molecule has 0 rings (SSSR count). The zero-order chi connectivity index (χ0) is 7.15. The van der Waals surface area contributed by atoms with Crippen LogP contribution in [0.3, 0.4) is 0 Å². The summed E-state index contributed by atoms with van der Waals surface area (Å²) in [6, 6.07) is 0. The maximum absolute atomic E-state index is 9.00. The monoisotopic (exact) mass is 229 g/mol. The van der Waals surface area contributed by atoms with E-state index in [1.54, 1.807) is 0 Å². The maximum atomic E-state index is 9.00. The molecule has 0 heterocycles. The SMILES string of the molecule is CC(=O)O.O=[N+]([O-])O.[Pd]. The first kappa shape index (κ1) is 15.8. The molecule has 0 unspecified atom stereocenters. The second-order valence-corrected chi connectivity index (χ2v) is 0.757. The van der Waals surface area contributed by atoms with Gasteiger partial charge in [0.2, 0.25) is 0 Å². The largest absolute Gasteiger partial charge is 0.481 e. The predicted molar refractivity (Wildman–Crippen MR) is 22.1 cm³/mol. The summed E-state index contributed by atoms with van der Waals surface area (Å²) in [5, 5.41) is 21.1. The molecule has 0 saturated carbocycles. The van der Waals surface area contributed by atoms with E-state index >= 15 is 0 Å². The molecule has 6 nitrogen and oxygen atoms in total. The Morgan fingerprint density at radius 2 is 1.67 bits per heavy atom. The van der Waals surface area contributed by atoms with Crippen LogP contribution in [0.15, 0.2) is 0 Å². The van der Waals surface area contributed by atoms with Gasteiger partial charge in [0.25, 0.3) is 11.1 Å². The van der Waals surface area contributed by atoms with Crippen molar-refractivity contribution in [1.82, 2.24) is 0 Å². The van der Waals surface area contributed by atoms with E-state index in [2.05, 4.69) is 0 Å². The van der Waals surface area contributed by atoms with Gasteiger partial charge in [0.05, 0.1) is 0 Å². The van der Waals surface area contributed by atoms with E-state index in [1.807, 2.05) is 0 Å². The summed E-state index contributed by atoms with van der Waals surface area (Å²) in [6.07, 6.45) is 0. The van der Waals surface area contributed by atoms with Crippen LogP contribution in [0.5, 0.6) is 0 Å². The van der Waals surface area contributed by atoms with E-state index in [1.165, 1.54) is 0 Å². The van der Waals surface area contributed by atoms with E-state index in [0.29, 0.717) is 0 Å². The van der Waals surface area contributed by atoms with Crippen molar-refractivity contribution in [1.29, 1.82) is 0 Å². The van der Waals surface area contributed by atoms with Gasteiger partial charge in [0, 0.05) is 27.3 Å². The summed E-state index contributed by atoms with van der Waals surface area (Å²) >= 11 is 0. The Morgan fingerprint density at radius 3 is 1.67 bits per heavy atom. The van der Waals surface area contributed by atoms with E-state index in [9.17, 15) is 0 Å². The zero-order valence-corrected chi connectivity index (χ0v) is 5.94. The van der Waals surface area contributed by atoms with Gasteiger partial charge < -0.3 is 10.3 Å². The van der Waals surface area contributed by atoms with Crippen LogP contribution in [0.2, 0.25) is 0 Å². The molecule has 9 heavy (non-hydrogen) atoms. The number of carbonyl (C=O) groups is 1. The summed E-state index contributed by atoms with van der Waals surface area (Å²) in [4.78, 5) is 17.4. The molecule has 0 aromatic carbocycles. The van der Waals surface area contributed by atoms with Crippen molar-refractivity contribution in [2.45, 2.75) is 6.92 Å². The average molecular weight is 229 g/mol. The normalized spacial score (nSPS) is 5.44. The van der Waals surface area contributed by atoms with Crippen LogP contribution in [-0.4, -0.2) is 21.4 Å². The molecule has 0 saturated heterocycles. The summed E-state index contributed by atoms with van der Waals surface area (Å²) in [5.41, 5.74) is 0.